The molecule has 0 aliphatic carbocycles. The minimum absolute atomic E-state index is 0.130. The number of nitrogens with one attached hydrogen (secondary N) is 2. The fraction of sp³-hybridized carbons (Fsp3) is 0.238. The SMILES string of the molecule is CC(=O)NCCNC(=O)c1c(C)oc2ccc(OCc3ccccc3)cc12. The third kappa shape index (κ3) is 4.67. The fourth-order valence-corrected chi connectivity index (χ4v) is 2.81. The van der Waals surface area contributed by atoms with Crippen molar-refractivity contribution in [1.29, 1.82) is 0 Å². The molecule has 3 rings (SSSR count). The van der Waals surface area contributed by atoms with E-state index in [1.165, 1.54) is 6.92 Å². The summed E-state index contributed by atoms with van der Waals surface area (Å²) in [7, 11) is 0. The zero-order chi connectivity index (χ0) is 19.2. The molecule has 0 radical (unpaired) electrons. The second kappa shape index (κ2) is 8.40. The van der Waals surface area contributed by atoms with Gasteiger partial charge in [0.1, 0.15) is 23.7 Å². The van der Waals surface area contributed by atoms with Gasteiger partial charge in [-0.1, -0.05) is 30.3 Å². The fourth-order valence-electron chi connectivity index (χ4n) is 2.81. The smallest absolute Gasteiger partial charge is 0.255 e. The molecule has 0 unspecified atom stereocenters. The summed E-state index contributed by atoms with van der Waals surface area (Å²) in [6.07, 6.45) is 0. The van der Waals surface area contributed by atoms with Gasteiger partial charge in [-0.2, -0.15) is 0 Å². The van der Waals surface area contributed by atoms with Crippen LogP contribution in [0.4, 0.5) is 0 Å². The number of hydrogen-bond acceptors (Lipinski definition) is 4. The lowest BCUT2D eigenvalue weighted by atomic mass is 10.1. The van der Waals surface area contributed by atoms with E-state index in [2.05, 4.69) is 10.6 Å². The van der Waals surface area contributed by atoms with Gasteiger partial charge in [-0.15, -0.1) is 0 Å². The second-order valence-electron chi connectivity index (χ2n) is 6.20. The number of amides is 2. The van der Waals surface area contributed by atoms with Crippen molar-refractivity contribution in [3.8, 4) is 5.75 Å². The molecule has 2 aromatic carbocycles. The Kier molecular flexibility index (Phi) is 5.76. The lowest BCUT2D eigenvalue weighted by molar-refractivity contribution is -0.118. The van der Waals surface area contributed by atoms with E-state index in [0.29, 0.717) is 47.7 Å². The topological polar surface area (TPSA) is 80.6 Å². The first-order valence-electron chi connectivity index (χ1n) is 8.77. The van der Waals surface area contributed by atoms with Crippen LogP contribution in [0.2, 0.25) is 0 Å². The van der Waals surface area contributed by atoms with Crippen LogP contribution in [0.5, 0.6) is 5.75 Å². The Bertz CT molecular complexity index is 947. The van der Waals surface area contributed by atoms with Crippen LogP contribution in [-0.2, 0) is 11.4 Å². The number of carbonyl (C=O) groups excluding carboxylic acids is 2. The molecule has 0 bridgehead atoms. The van der Waals surface area contributed by atoms with Gasteiger partial charge < -0.3 is 19.8 Å². The van der Waals surface area contributed by atoms with Crippen molar-refractivity contribution in [2.45, 2.75) is 20.5 Å². The number of benzene rings is 2. The molecule has 0 aliphatic heterocycles. The van der Waals surface area contributed by atoms with Crippen molar-refractivity contribution < 1.29 is 18.7 Å². The van der Waals surface area contributed by atoms with Gasteiger partial charge in [-0.25, -0.2) is 0 Å². The van der Waals surface area contributed by atoms with Crippen LogP contribution >= 0.6 is 0 Å². The van der Waals surface area contributed by atoms with Gasteiger partial charge in [-0.05, 0) is 30.7 Å². The number of fused-ring (bicyclic) bond motifs is 1. The molecule has 1 heterocycles. The van der Waals surface area contributed by atoms with E-state index in [1.807, 2.05) is 42.5 Å². The Labute approximate surface area is 157 Å². The number of rotatable bonds is 7. The quantitative estimate of drug-likeness (QED) is 0.629. The molecule has 1 aromatic heterocycles. The molecule has 3 aromatic rings. The zero-order valence-corrected chi connectivity index (χ0v) is 15.4. The number of hydrogen-bond donors (Lipinski definition) is 2. The van der Waals surface area contributed by atoms with Crippen molar-refractivity contribution in [2.75, 3.05) is 13.1 Å². The number of carbonyl (C=O) groups is 2. The first-order chi connectivity index (χ1) is 13.0. The third-order valence-corrected chi connectivity index (χ3v) is 4.10. The highest BCUT2D eigenvalue weighted by Gasteiger charge is 2.18. The Hall–Kier alpha value is -3.28. The van der Waals surface area contributed by atoms with Gasteiger partial charge in [0.2, 0.25) is 5.91 Å². The standard InChI is InChI=1S/C21H22N2O4/c1-14-20(21(25)23-11-10-22-15(2)24)18-12-17(8-9-19(18)27-14)26-13-16-6-4-3-5-7-16/h3-9,12H,10-11,13H2,1-2H3,(H,22,24)(H,23,25). The molecule has 140 valence electrons. The summed E-state index contributed by atoms with van der Waals surface area (Å²) < 4.78 is 11.5. The Morgan fingerprint density at radius 1 is 1.04 bits per heavy atom. The molecule has 2 amide bonds. The second-order valence-corrected chi connectivity index (χ2v) is 6.20. The normalized spacial score (nSPS) is 10.6. The van der Waals surface area contributed by atoms with Gasteiger partial charge in [-0.3, -0.25) is 9.59 Å². The lowest BCUT2D eigenvalue weighted by Gasteiger charge is -2.07. The van der Waals surface area contributed by atoms with E-state index in [1.54, 1.807) is 13.0 Å². The molecule has 0 atom stereocenters. The van der Waals surface area contributed by atoms with Gasteiger partial charge in [0.05, 0.1) is 5.56 Å². The minimum atomic E-state index is -0.239. The molecule has 0 fully saturated rings. The van der Waals surface area contributed by atoms with E-state index >= 15 is 0 Å². The van der Waals surface area contributed by atoms with Crippen LogP contribution in [0.25, 0.3) is 11.0 Å². The van der Waals surface area contributed by atoms with E-state index in [0.717, 1.165) is 5.56 Å². The van der Waals surface area contributed by atoms with Crippen LogP contribution < -0.4 is 15.4 Å². The Morgan fingerprint density at radius 3 is 2.52 bits per heavy atom. The van der Waals surface area contributed by atoms with Gasteiger partial charge in [0.15, 0.2) is 0 Å². The first-order valence-corrected chi connectivity index (χ1v) is 8.77. The summed E-state index contributed by atoms with van der Waals surface area (Å²) in [5, 5.41) is 6.14. The molecule has 0 spiro atoms. The predicted molar refractivity (Wildman–Crippen MR) is 103 cm³/mol. The van der Waals surface area contributed by atoms with E-state index in [-0.39, 0.29) is 11.8 Å². The van der Waals surface area contributed by atoms with Gasteiger partial charge in [0.25, 0.3) is 5.91 Å². The maximum absolute atomic E-state index is 12.6. The molecule has 0 saturated carbocycles. The summed E-state index contributed by atoms with van der Waals surface area (Å²) in [6, 6.07) is 15.3. The molecule has 27 heavy (non-hydrogen) atoms. The van der Waals surface area contributed by atoms with E-state index < -0.39 is 0 Å². The van der Waals surface area contributed by atoms with E-state index in [4.69, 9.17) is 9.15 Å². The minimum Gasteiger partial charge on any atom is -0.489 e. The van der Waals surface area contributed by atoms with Crippen LogP contribution in [0.15, 0.2) is 52.9 Å². The first kappa shape index (κ1) is 18.5. The van der Waals surface area contributed by atoms with Gasteiger partial charge in [0, 0.05) is 25.4 Å². The predicted octanol–water partition coefficient (Wildman–Crippen LogP) is 3.19. The van der Waals surface area contributed by atoms with Crippen molar-refractivity contribution in [2.24, 2.45) is 0 Å². The summed E-state index contributed by atoms with van der Waals surface area (Å²) in [6.45, 7) is 4.36. The Balaban J connectivity index is 1.73. The molecular formula is C21H22N2O4. The number of ether oxygens (including phenoxy) is 1. The molecule has 0 aliphatic rings. The van der Waals surface area contributed by atoms with Crippen molar-refractivity contribution >= 4 is 22.8 Å². The highest BCUT2D eigenvalue weighted by molar-refractivity contribution is 6.07. The van der Waals surface area contributed by atoms with Crippen molar-refractivity contribution in [3.63, 3.8) is 0 Å². The average molecular weight is 366 g/mol. The summed E-state index contributed by atoms with van der Waals surface area (Å²) in [5.41, 5.74) is 2.18. The highest BCUT2D eigenvalue weighted by Crippen LogP contribution is 2.29. The van der Waals surface area contributed by atoms with E-state index in [9.17, 15) is 9.59 Å². The molecule has 6 heteroatoms. The number of aryl methyl sites for hydroxylation is 1. The van der Waals surface area contributed by atoms with Crippen LogP contribution in [0, 0.1) is 6.92 Å². The zero-order valence-electron chi connectivity index (χ0n) is 15.4. The van der Waals surface area contributed by atoms with Crippen LogP contribution in [0.1, 0.15) is 28.6 Å². The average Bonchev–Trinajstić information content (AvgIpc) is 2.99. The largest absolute Gasteiger partial charge is 0.489 e. The maximum Gasteiger partial charge on any atom is 0.255 e. The van der Waals surface area contributed by atoms with Crippen LogP contribution in [0.3, 0.4) is 0 Å². The summed E-state index contributed by atoms with van der Waals surface area (Å²) in [5.74, 6) is 0.841. The lowest BCUT2D eigenvalue weighted by Crippen LogP contribution is -2.33. The van der Waals surface area contributed by atoms with Crippen molar-refractivity contribution in [3.05, 3.63) is 65.4 Å². The molecule has 2 N–H and O–H groups in total. The Morgan fingerprint density at radius 2 is 1.78 bits per heavy atom. The molecule has 6 nitrogen and oxygen atoms in total. The number of furan rings is 1. The summed E-state index contributed by atoms with van der Waals surface area (Å²) >= 11 is 0. The molecule has 0 saturated heterocycles. The monoisotopic (exact) mass is 366 g/mol. The molecular weight excluding hydrogens is 344 g/mol. The third-order valence-electron chi connectivity index (χ3n) is 4.10. The summed E-state index contributed by atoms with van der Waals surface area (Å²) in [4.78, 5) is 23.4. The highest BCUT2D eigenvalue weighted by atomic mass is 16.5. The van der Waals surface area contributed by atoms with Crippen molar-refractivity contribution in [1.82, 2.24) is 10.6 Å². The maximum atomic E-state index is 12.6. The van der Waals surface area contributed by atoms with Gasteiger partial charge >= 0.3 is 0 Å². The van der Waals surface area contributed by atoms with Crippen LogP contribution in [-0.4, -0.2) is 24.9 Å².